The first-order valence-electron chi connectivity index (χ1n) is 7.01. The van der Waals surface area contributed by atoms with Gasteiger partial charge in [-0.25, -0.2) is 0 Å². The summed E-state index contributed by atoms with van der Waals surface area (Å²) in [7, 11) is 0. The van der Waals surface area contributed by atoms with E-state index in [1.54, 1.807) is 0 Å². The zero-order chi connectivity index (χ0) is 14.2. The number of nitrogens with zero attached hydrogens (tertiary/aromatic N) is 1. The highest BCUT2D eigenvalue weighted by atomic mass is 16.2. The van der Waals surface area contributed by atoms with Gasteiger partial charge in [-0.2, -0.15) is 0 Å². The normalized spacial score (nSPS) is 23.5. The van der Waals surface area contributed by atoms with Crippen LogP contribution in [0.5, 0.6) is 0 Å². The molecule has 2 atom stereocenters. The molecule has 1 aliphatic rings. The van der Waals surface area contributed by atoms with Crippen LogP contribution in [0.3, 0.4) is 0 Å². The largest absolute Gasteiger partial charge is 0.337 e. The molecule has 0 saturated carbocycles. The van der Waals surface area contributed by atoms with Crippen LogP contribution in [-0.2, 0) is 0 Å². The number of hydrogen-bond acceptors (Lipinski definition) is 2. The van der Waals surface area contributed by atoms with E-state index in [4.69, 9.17) is 5.73 Å². The van der Waals surface area contributed by atoms with Gasteiger partial charge in [0.15, 0.2) is 0 Å². The number of rotatable bonds is 1. The first kappa shape index (κ1) is 14.1. The number of benzene rings is 1. The Morgan fingerprint density at radius 2 is 1.79 bits per heavy atom. The van der Waals surface area contributed by atoms with E-state index in [2.05, 4.69) is 26.0 Å². The fraction of sp³-hybridized carbons (Fsp3) is 0.562. The van der Waals surface area contributed by atoms with Gasteiger partial charge in [-0.1, -0.05) is 24.6 Å². The number of carbonyl (C=O) groups is 1. The zero-order valence-corrected chi connectivity index (χ0v) is 12.4. The molecule has 2 rings (SSSR count). The third kappa shape index (κ3) is 2.98. The average Bonchev–Trinajstić information content (AvgIpc) is 2.25. The molecule has 2 N–H and O–H groups in total. The fourth-order valence-electron chi connectivity index (χ4n) is 3.24. The molecule has 3 nitrogen and oxygen atoms in total. The summed E-state index contributed by atoms with van der Waals surface area (Å²) in [6.45, 7) is 9.75. The summed E-state index contributed by atoms with van der Waals surface area (Å²) < 4.78 is 0. The Balaban J connectivity index is 2.29. The average molecular weight is 260 g/mol. The number of amides is 1. The third-order valence-electron chi connectivity index (χ3n) is 3.87. The van der Waals surface area contributed by atoms with Crippen LogP contribution in [0.4, 0.5) is 0 Å². The molecule has 0 aromatic heterocycles. The van der Waals surface area contributed by atoms with Crippen molar-refractivity contribution in [2.45, 2.75) is 40.2 Å². The van der Waals surface area contributed by atoms with E-state index in [0.717, 1.165) is 29.7 Å². The molecule has 2 unspecified atom stereocenters. The molecular weight excluding hydrogens is 236 g/mol. The van der Waals surface area contributed by atoms with Crippen LogP contribution >= 0.6 is 0 Å². The molecule has 1 aromatic carbocycles. The van der Waals surface area contributed by atoms with Crippen LogP contribution in [0.2, 0.25) is 0 Å². The summed E-state index contributed by atoms with van der Waals surface area (Å²) in [5, 5.41) is 0. The highest BCUT2D eigenvalue weighted by molar-refractivity contribution is 5.97. The van der Waals surface area contributed by atoms with Gasteiger partial charge >= 0.3 is 0 Å². The van der Waals surface area contributed by atoms with Crippen molar-refractivity contribution in [3.63, 3.8) is 0 Å². The molecule has 0 aliphatic carbocycles. The van der Waals surface area contributed by atoms with E-state index in [0.29, 0.717) is 12.5 Å². The summed E-state index contributed by atoms with van der Waals surface area (Å²) in [4.78, 5) is 14.6. The smallest absolute Gasteiger partial charge is 0.254 e. The van der Waals surface area contributed by atoms with Crippen LogP contribution in [0.15, 0.2) is 12.1 Å². The molecule has 1 saturated heterocycles. The third-order valence-corrected chi connectivity index (χ3v) is 3.87. The molecule has 1 heterocycles. The van der Waals surface area contributed by atoms with Crippen molar-refractivity contribution in [2.75, 3.05) is 13.1 Å². The lowest BCUT2D eigenvalue weighted by atomic mass is 9.94. The number of likely N-dealkylation sites (tertiary alicyclic amines) is 1. The molecule has 1 aliphatic heterocycles. The van der Waals surface area contributed by atoms with Gasteiger partial charge in [-0.05, 0) is 44.2 Å². The Hall–Kier alpha value is -1.35. The topological polar surface area (TPSA) is 46.3 Å². The number of carbonyl (C=O) groups excluding carboxylic acids is 1. The van der Waals surface area contributed by atoms with Gasteiger partial charge in [0.2, 0.25) is 0 Å². The Morgan fingerprint density at radius 1 is 1.21 bits per heavy atom. The molecule has 3 heteroatoms. The molecule has 104 valence electrons. The molecule has 0 radical (unpaired) electrons. The zero-order valence-electron chi connectivity index (χ0n) is 12.4. The van der Waals surface area contributed by atoms with Crippen LogP contribution in [0.25, 0.3) is 0 Å². The molecule has 1 fully saturated rings. The van der Waals surface area contributed by atoms with Crippen molar-refractivity contribution in [3.8, 4) is 0 Å². The second-order valence-corrected chi connectivity index (χ2v) is 6.08. The minimum atomic E-state index is 0.110. The van der Waals surface area contributed by atoms with Crippen LogP contribution in [-0.4, -0.2) is 29.9 Å². The Morgan fingerprint density at radius 3 is 2.32 bits per heavy atom. The molecule has 0 bridgehead atoms. The second-order valence-electron chi connectivity index (χ2n) is 6.08. The lowest BCUT2D eigenvalue weighted by Crippen LogP contribution is -2.49. The quantitative estimate of drug-likeness (QED) is 0.843. The Kier molecular flexibility index (Phi) is 3.95. The monoisotopic (exact) mass is 260 g/mol. The van der Waals surface area contributed by atoms with E-state index < -0.39 is 0 Å². The van der Waals surface area contributed by atoms with Crippen molar-refractivity contribution in [1.29, 1.82) is 0 Å². The van der Waals surface area contributed by atoms with Crippen molar-refractivity contribution < 1.29 is 4.79 Å². The van der Waals surface area contributed by atoms with Crippen molar-refractivity contribution in [1.82, 2.24) is 4.90 Å². The van der Waals surface area contributed by atoms with Gasteiger partial charge in [-0.3, -0.25) is 4.79 Å². The van der Waals surface area contributed by atoms with Gasteiger partial charge < -0.3 is 10.6 Å². The summed E-state index contributed by atoms with van der Waals surface area (Å²) in [6, 6.07) is 4.26. The number of aryl methyl sites for hydroxylation is 3. The minimum absolute atomic E-state index is 0.110. The molecule has 0 spiro atoms. The maximum absolute atomic E-state index is 12.7. The first-order chi connectivity index (χ1) is 8.88. The van der Waals surface area contributed by atoms with Crippen molar-refractivity contribution >= 4 is 5.91 Å². The predicted octanol–water partition coefficient (Wildman–Crippen LogP) is 2.42. The summed E-state index contributed by atoms with van der Waals surface area (Å²) in [5.41, 5.74) is 10.2. The molecule has 1 amide bonds. The molecule has 19 heavy (non-hydrogen) atoms. The number of piperidine rings is 1. The second kappa shape index (κ2) is 5.33. The summed E-state index contributed by atoms with van der Waals surface area (Å²) >= 11 is 0. The van der Waals surface area contributed by atoms with E-state index in [-0.39, 0.29) is 11.9 Å². The van der Waals surface area contributed by atoms with Crippen LogP contribution in [0.1, 0.15) is 40.4 Å². The highest BCUT2D eigenvalue weighted by Crippen LogP contribution is 2.22. The van der Waals surface area contributed by atoms with Crippen LogP contribution in [0, 0.1) is 26.7 Å². The lowest BCUT2D eigenvalue weighted by molar-refractivity contribution is 0.0659. The van der Waals surface area contributed by atoms with Crippen LogP contribution < -0.4 is 5.73 Å². The van der Waals surface area contributed by atoms with Crippen molar-refractivity contribution in [2.24, 2.45) is 11.7 Å². The van der Waals surface area contributed by atoms with Gasteiger partial charge in [-0.15, -0.1) is 0 Å². The van der Waals surface area contributed by atoms with E-state index in [9.17, 15) is 4.79 Å². The minimum Gasteiger partial charge on any atom is -0.337 e. The summed E-state index contributed by atoms with van der Waals surface area (Å²) in [6.07, 6.45) is 1.01. The van der Waals surface area contributed by atoms with E-state index >= 15 is 0 Å². The standard InChI is InChI=1S/C16H24N2O/c1-10-5-12(3)15(13(4)6-10)16(19)18-8-11(2)7-14(17)9-18/h5-6,11,14H,7-9,17H2,1-4H3. The first-order valence-corrected chi connectivity index (χ1v) is 7.01. The molecular formula is C16H24N2O. The maximum Gasteiger partial charge on any atom is 0.254 e. The number of hydrogen-bond donors (Lipinski definition) is 1. The number of nitrogens with two attached hydrogens (primary N) is 1. The van der Waals surface area contributed by atoms with Gasteiger partial charge in [0, 0.05) is 24.7 Å². The van der Waals surface area contributed by atoms with E-state index in [1.807, 2.05) is 18.7 Å². The Bertz CT molecular complexity index is 463. The van der Waals surface area contributed by atoms with Gasteiger partial charge in [0.05, 0.1) is 0 Å². The van der Waals surface area contributed by atoms with Gasteiger partial charge in [0.25, 0.3) is 5.91 Å². The van der Waals surface area contributed by atoms with E-state index in [1.165, 1.54) is 5.56 Å². The fourth-order valence-corrected chi connectivity index (χ4v) is 3.24. The summed E-state index contributed by atoms with van der Waals surface area (Å²) in [5.74, 6) is 0.621. The highest BCUT2D eigenvalue weighted by Gasteiger charge is 2.27. The SMILES string of the molecule is Cc1cc(C)c(C(=O)N2CC(C)CC(N)C2)c(C)c1. The molecule has 1 aromatic rings. The Labute approximate surface area is 115 Å². The lowest BCUT2D eigenvalue weighted by Gasteiger charge is -2.35. The van der Waals surface area contributed by atoms with Crippen molar-refractivity contribution in [3.05, 3.63) is 34.4 Å². The predicted molar refractivity (Wildman–Crippen MR) is 78.3 cm³/mol. The van der Waals surface area contributed by atoms with Gasteiger partial charge in [0.1, 0.15) is 0 Å². The maximum atomic E-state index is 12.7.